The minimum atomic E-state index is -0.758. The number of hydrogen-bond acceptors (Lipinski definition) is 4. The third-order valence-corrected chi connectivity index (χ3v) is 6.25. The van der Waals surface area contributed by atoms with Gasteiger partial charge in [0.25, 0.3) is 0 Å². The molecule has 3 rings (SSSR count). The van der Waals surface area contributed by atoms with Gasteiger partial charge in [-0.1, -0.05) is 30.3 Å². The fraction of sp³-hybridized carbons (Fsp3) is 0.636. The van der Waals surface area contributed by atoms with Crippen LogP contribution in [0.4, 0.5) is 4.79 Å². The molecule has 0 spiro atoms. The second kappa shape index (κ2) is 10.6. The van der Waals surface area contributed by atoms with Crippen molar-refractivity contribution in [3.8, 4) is 0 Å². The minimum Gasteiger partial charge on any atom is -0.481 e. The lowest BCUT2D eigenvalue weighted by Crippen LogP contribution is -2.58. The smallest absolute Gasteiger partial charge is 0.317 e. The lowest BCUT2D eigenvalue weighted by molar-refractivity contribution is -0.137. The Kier molecular flexibility index (Phi) is 7.89. The number of likely N-dealkylation sites (tertiary alicyclic amines) is 1. The van der Waals surface area contributed by atoms with E-state index in [1.54, 1.807) is 0 Å². The van der Waals surface area contributed by atoms with E-state index in [0.717, 1.165) is 45.6 Å². The zero-order valence-corrected chi connectivity index (χ0v) is 17.4. The van der Waals surface area contributed by atoms with E-state index in [9.17, 15) is 9.59 Å². The Bertz CT molecular complexity index is 661. The third-order valence-electron chi connectivity index (χ3n) is 6.25. The fourth-order valence-electron chi connectivity index (χ4n) is 4.50. The highest BCUT2D eigenvalue weighted by atomic mass is 16.4. The van der Waals surface area contributed by atoms with Crippen LogP contribution >= 0.6 is 0 Å². The molecule has 2 aliphatic heterocycles. The first-order valence-corrected chi connectivity index (χ1v) is 10.7. The molecule has 0 aromatic heterocycles. The molecule has 2 atom stereocenters. The van der Waals surface area contributed by atoms with E-state index >= 15 is 0 Å². The third kappa shape index (κ3) is 6.44. The first-order valence-electron chi connectivity index (χ1n) is 10.7. The molecule has 0 bridgehead atoms. The molecule has 0 radical (unpaired) electrons. The van der Waals surface area contributed by atoms with E-state index in [4.69, 9.17) is 5.11 Å². The largest absolute Gasteiger partial charge is 0.481 e. The van der Waals surface area contributed by atoms with E-state index in [1.807, 2.05) is 23.1 Å². The average Bonchev–Trinajstić information content (AvgIpc) is 2.73. The highest BCUT2D eigenvalue weighted by molar-refractivity contribution is 5.74. The first-order chi connectivity index (χ1) is 14.0. The predicted octanol–water partition coefficient (Wildman–Crippen LogP) is 1.74. The molecule has 2 aliphatic rings. The van der Waals surface area contributed by atoms with Crippen LogP contribution in [0.1, 0.15) is 24.8 Å². The molecular formula is C22H34N4O3. The molecule has 2 amide bonds. The summed E-state index contributed by atoms with van der Waals surface area (Å²) in [4.78, 5) is 30.5. The number of urea groups is 1. The van der Waals surface area contributed by atoms with Gasteiger partial charge in [0.2, 0.25) is 0 Å². The van der Waals surface area contributed by atoms with Crippen molar-refractivity contribution in [1.29, 1.82) is 0 Å². The second-order valence-electron chi connectivity index (χ2n) is 8.30. The molecule has 2 N–H and O–H groups in total. The Morgan fingerprint density at radius 1 is 1.10 bits per heavy atom. The van der Waals surface area contributed by atoms with Crippen molar-refractivity contribution in [2.24, 2.45) is 5.92 Å². The van der Waals surface area contributed by atoms with Gasteiger partial charge in [0, 0.05) is 58.3 Å². The van der Waals surface area contributed by atoms with Crippen LogP contribution in [0.5, 0.6) is 0 Å². The lowest BCUT2D eigenvalue weighted by Gasteiger charge is -2.46. The molecule has 29 heavy (non-hydrogen) atoms. The number of piperazine rings is 1. The number of carboxylic acid groups (broad SMARTS) is 1. The molecule has 1 aromatic carbocycles. The molecule has 2 saturated heterocycles. The summed E-state index contributed by atoms with van der Waals surface area (Å²) in [6.45, 7) is 6.12. The molecule has 2 fully saturated rings. The number of nitrogens with one attached hydrogen (secondary N) is 1. The Morgan fingerprint density at radius 3 is 2.52 bits per heavy atom. The van der Waals surface area contributed by atoms with Crippen molar-refractivity contribution in [1.82, 2.24) is 20.0 Å². The Balaban J connectivity index is 1.53. The van der Waals surface area contributed by atoms with E-state index in [0.29, 0.717) is 25.6 Å². The summed E-state index contributed by atoms with van der Waals surface area (Å²) in [5.74, 6) is -0.547. The SMILES string of the molecule is CN1CCN(C2CCN(C(=O)NCCc3ccccc3)CC2CCC(=O)O)CC1. The van der Waals surface area contributed by atoms with E-state index < -0.39 is 5.97 Å². The maximum Gasteiger partial charge on any atom is 0.317 e. The van der Waals surface area contributed by atoms with Gasteiger partial charge < -0.3 is 20.2 Å². The second-order valence-corrected chi connectivity index (χ2v) is 8.30. The van der Waals surface area contributed by atoms with Gasteiger partial charge in [-0.15, -0.1) is 0 Å². The van der Waals surface area contributed by atoms with Gasteiger partial charge in [-0.25, -0.2) is 4.79 Å². The van der Waals surface area contributed by atoms with Gasteiger partial charge in [-0.05, 0) is 37.8 Å². The van der Waals surface area contributed by atoms with Crippen molar-refractivity contribution < 1.29 is 14.7 Å². The van der Waals surface area contributed by atoms with Crippen LogP contribution in [-0.4, -0.2) is 90.7 Å². The molecule has 7 nitrogen and oxygen atoms in total. The Hall–Kier alpha value is -2.12. The predicted molar refractivity (Wildman–Crippen MR) is 113 cm³/mol. The van der Waals surface area contributed by atoms with Gasteiger partial charge in [0.05, 0.1) is 0 Å². The standard InChI is InChI=1S/C22H34N4O3/c1-24-13-15-25(16-14-24)20-10-12-26(17-19(20)7-8-21(27)28)22(29)23-11-9-18-5-3-2-4-6-18/h2-6,19-20H,7-17H2,1H3,(H,23,29)(H,27,28). The highest BCUT2D eigenvalue weighted by Gasteiger charge is 2.35. The summed E-state index contributed by atoms with van der Waals surface area (Å²) < 4.78 is 0. The van der Waals surface area contributed by atoms with Crippen molar-refractivity contribution in [3.63, 3.8) is 0 Å². The van der Waals surface area contributed by atoms with Crippen LogP contribution in [-0.2, 0) is 11.2 Å². The lowest BCUT2D eigenvalue weighted by atomic mass is 9.86. The summed E-state index contributed by atoms with van der Waals surface area (Å²) in [7, 11) is 2.14. The number of amides is 2. The first kappa shape index (κ1) is 21.6. The molecular weight excluding hydrogens is 368 g/mol. The number of carbonyl (C=O) groups is 2. The number of nitrogens with zero attached hydrogens (tertiary/aromatic N) is 3. The van der Waals surface area contributed by atoms with Crippen LogP contribution in [0.2, 0.25) is 0 Å². The average molecular weight is 403 g/mol. The fourth-order valence-corrected chi connectivity index (χ4v) is 4.50. The number of benzene rings is 1. The molecule has 0 saturated carbocycles. The zero-order valence-electron chi connectivity index (χ0n) is 17.4. The number of carbonyl (C=O) groups excluding carboxylic acids is 1. The van der Waals surface area contributed by atoms with Crippen molar-refractivity contribution >= 4 is 12.0 Å². The Labute approximate surface area is 173 Å². The van der Waals surface area contributed by atoms with Crippen LogP contribution in [0.25, 0.3) is 0 Å². The summed E-state index contributed by atoms with van der Waals surface area (Å²) in [6, 6.07) is 10.5. The normalized spacial score (nSPS) is 23.7. The van der Waals surface area contributed by atoms with Crippen LogP contribution < -0.4 is 5.32 Å². The zero-order chi connectivity index (χ0) is 20.6. The maximum atomic E-state index is 12.7. The molecule has 160 valence electrons. The van der Waals surface area contributed by atoms with Crippen molar-refractivity contribution in [3.05, 3.63) is 35.9 Å². The van der Waals surface area contributed by atoms with Crippen molar-refractivity contribution in [2.75, 3.05) is 52.9 Å². The quantitative estimate of drug-likeness (QED) is 0.727. The molecule has 1 aromatic rings. The number of piperidine rings is 1. The summed E-state index contributed by atoms with van der Waals surface area (Å²) >= 11 is 0. The maximum absolute atomic E-state index is 12.7. The summed E-state index contributed by atoms with van der Waals surface area (Å²) in [5, 5.41) is 12.2. The van der Waals surface area contributed by atoms with Crippen molar-refractivity contribution in [2.45, 2.75) is 31.7 Å². The van der Waals surface area contributed by atoms with Crippen LogP contribution in [0.15, 0.2) is 30.3 Å². The number of rotatable bonds is 7. The summed E-state index contributed by atoms with van der Waals surface area (Å²) in [6.07, 6.45) is 2.52. The molecule has 0 aliphatic carbocycles. The molecule has 7 heteroatoms. The highest BCUT2D eigenvalue weighted by Crippen LogP contribution is 2.27. The van der Waals surface area contributed by atoms with Gasteiger partial charge >= 0.3 is 12.0 Å². The summed E-state index contributed by atoms with van der Waals surface area (Å²) in [5.41, 5.74) is 1.21. The van der Waals surface area contributed by atoms with Gasteiger partial charge in [0.1, 0.15) is 0 Å². The number of likely N-dealkylation sites (N-methyl/N-ethyl adjacent to an activating group) is 1. The van der Waals surface area contributed by atoms with Gasteiger partial charge in [-0.3, -0.25) is 9.69 Å². The molecule has 2 heterocycles. The topological polar surface area (TPSA) is 76.1 Å². The van der Waals surface area contributed by atoms with Crippen LogP contribution in [0.3, 0.4) is 0 Å². The number of aliphatic carboxylic acids is 1. The monoisotopic (exact) mass is 402 g/mol. The van der Waals surface area contributed by atoms with E-state index in [-0.39, 0.29) is 18.4 Å². The number of hydrogen-bond donors (Lipinski definition) is 2. The molecule has 2 unspecified atom stereocenters. The van der Waals surface area contributed by atoms with Gasteiger partial charge in [-0.2, -0.15) is 0 Å². The Morgan fingerprint density at radius 2 is 1.83 bits per heavy atom. The number of carboxylic acids is 1. The van der Waals surface area contributed by atoms with E-state index in [1.165, 1.54) is 5.56 Å². The van der Waals surface area contributed by atoms with Crippen LogP contribution in [0, 0.1) is 5.92 Å². The van der Waals surface area contributed by atoms with Gasteiger partial charge in [0.15, 0.2) is 0 Å². The van der Waals surface area contributed by atoms with E-state index in [2.05, 4.69) is 34.3 Å². The minimum absolute atomic E-state index is 0.0296.